The van der Waals surface area contributed by atoms with E-state index in [0.29, 0.717) is 5.92 Å². The minimum Gasteiger partial charge on any atom is -0.396 e. The molecule has 0 radical (unpaired) electrons. The van der Waals surface area contributed by atoms with Gasteiger partial charge in [-0.25, -0.2) is 0 Å². The molecule has 0 aliphatic rings. The Labute approximate surface area is 120 Å². The smallest absolute Gasteiger partial charge is 0.0542 e. The lowest BCUT2D eigenvalue weighted by atomic mass is 9.97. The Hall–Kier alpha value is -0.0800. The maximum absolute atomic E-state index is 9.86. The molecule has 2 heteroatoms. The molecule has 0 spiro atoms. The Balaban J connectivity index is 3.20. The van der Waals surface area contributed by atoms with E-state index in [1.54, 1.807) is 0 Å². The summed E-state index contributed by atoms with van der Waals surface area (Å²) >= 11 is 0. The van der Waals surface area contributed by atoms with Crippen LogP contribution < -0.4 is 0 Å². The third-order valence-corrected chi connectivity index (χ3v) is 3.94. The molecule has 0 saturated heterocycles. The van der Waals surface area contributed by atoms with E-state index in [-0.39, 0.29) is 12.7 Å². The fraction of sp³-hybridized carbons (Fsp3) is 1.00. The molecular formula is C17H36O2. The van der Waals surface area contributed by atoms with Crippen molar-refractivity contribution in [3.05, 3.63) is 0 Å². The van der Waals surface area contributed by atoms with E-state index >= 15 is 0 Å². The third-order valence-electron chi connectivity index (χ3n) is 3.94. The molecule has 2 atom stereocenters. The SMILES string of the molecule is CCCCCCCCCCCC(O)CC(C)CCO. The molecule has 2 unspecified atom stereocenters. The lowest BCUT2D eigenvalue weighted by Gasteiger charge is -2.15. The highest BCUT2D eigenvalue weighted by atomic mass is 16.3. The normalized spacial score (nSPS) is 14.5. The van der Waals surface area contributed by atoms with Crippen LogP contribution in [-0.4, -0.2) is 22.9 Å². The van der Waals surface area contributed by atoms with Crippen molar-refractivity contribution in [2.24, 2.45) is 5.92 Å². The van der Waals surface area contributed by atoms with Crippen LogP contribution in [0.1, 0.15) is 90.9 Å². The Morgan fingerprint density at radius 2 is 1.32 bits per heavy atom. The molecule has 0 rings (SSSR count). The van der Waals surface area contributed by atoms with Gasteiger partial charge in [0.2, 0.25) is 0 Å². The summed E-state index contributed by atoms with van der Waals surface area (Å²) in [5, 5.41) is 18.7. The van der Waals surface area contributed by atoms with Gasteiger partial charge < -0.3 is 10.2 Å². The number of aliphatic hydroxyl groups excluding tert-OH is 2. The summed E-state index contributed by atoms with van der Waals surface area (Å²) in [6.07, 6.45) is 14.4. The molecule has 0 fully saturated rings. The minimum atomic E-state index is -0.161. The molecule has 0 aromatic heterocycles. The number of unbranched alkanes of at least 4 members (excludes halogenated alkanes) is 8. The summed E-state index contributed by atoms with van der Waals surface area (Å²) < 4.78 is 0. The van der Waals surface area contributed by atoms with Crippen LogP contribution in [0.5, 0.6) is 0 Å². The Morgan fingerprint density at radius 3 is 1.84 bits per heavy atom. The van der Waals surface area contributed by atoms with Crippen LogP contribution >= 0.6 is 0 Å². The largest absolute Gasteiger partial charge is 0.396 e. The molecule has 0 amide bonds. The van der Waals surface area contributed by atoms with E-state index in [1.165, 1.54) is 51.4 Å². The molecule has 2 nitrogen and oxygen atoms in total. The van der Waals surface area contributed by atoms with Crippen LogP contribution in [0.2, 0.25) is 0 Å². The summed E-state index contributed by atoms with van der Waals surface area (Å²) in [5.41, 5.74) is 0. The zero-order valence-corrected chi connectivity index (χ0v) is 13.2. The monoisotopic (exact) mass is 272 g/mol. The van der Waals surface area contributed by atoms with Crippen molar-refractivity contribution < 1.29 is 10.2 Å². The highest BCUT2D eigenvalue weighted by molar-refractivity contribution is 4.62. The summed E-state index contributed by atoms with van der Waals surface area (Å²) in [6, 6.07) is 0. The second kappa shape index (κ2) is 14.3. The lowest BCUT2D eigenvalue weighted by Crippen LogP contribution is -2.12. The third kappa shape index (κ3) is 14.1. The van der Waals surface area contributed by atoms with Gasteiger partial charge in [0, 0.05) is 6.61 Å². The molecule has 0 saturated carbocycles. The standard InChI is InChI=1S/C17H36O2/c1-3-4-5-6-7-8-9-10-11-12-17(19)15-16(2)13-14-18/h16-19H,3-15H2,1-2H3. The van der Waals surface area contributed by atoms with Crippen LogP contribution in [-0.2, 0) is 0 Å². The average molecular weight is 272 g/mol. The minimum absolute atomic E-state index is 0.161. The van der Waals surface area contributed by atoms with E-state index in [0.717, 1.165) is 25.7 Å². The van der Waals surface area contributed by atoms with Gasteiger partial charge in [0.15, 0.2) is 0 Å². The summed E-state index contributed by atoms with van der Waals surface area (Å²) in [4.78, 5) is 0. The number of aliphatic hydroxyl groups is 2. The molecule has 2 N–H and O–H groups in total. The summed E-state index contributed by atoms with van der Waals surface area (Å²) in [7, 11) is 0. The average Bonchev–Trinajstić information content (AvgIpc) is 2.37. The first-order valence-corrected chi connectivity index (χ1v) is 8.49. The van der Waals surface area contributed by atoms with Crippen molar-refractivity contribution >= 4 is 0 Å². The van der Waals surface area contributed by atoms with Crippen LogP contribution in [0.15, 0.2) is 0 Å². The molecule has 116 valence electrons. The molecular weight excluding hydrogens is 236 g/mol. The van der Waals surface area contributed by atoms with Gasteiger partial charge in [-0.05, 0) is 25.2 Å². The fourth-order valence-corrected chi connectivity index (χ4v) is 2.61. The topological polar surface area (TPSA) is 40.5 Å². The fourth-order valence-electron chi connectivity index (χ4n) is 2.61. The number of rotatable bonds is 14. The second-order valence-electron chi connectivity index (χ2n) is 6.12. The second-order valence-corrected chi connectivity index (χ2v) is 6.12. The predicted molar refractivity (Wildman–Crippen MR) is 83.3 cm³/mol. The summed E-state index contributed by atoms with van der Waals surface area (Å²) in [6.45, 7) is 4.61. The van der Waals surface area contributed by atoms with E-state index in [2.05, 4.69) is 13.8 Å². The zero-order chi connectivity index (χ0) is 14.3. The number of hydrogen-bond donors (Lipinski definition) is 2. The molecule has 0 aromatic carbocycles. The first-order valence-electron chi connectivity index (χ1n) is 8.49. The van der Waals surface area contributed by atoms with E-state index in [1.807, 2.05) is 0 Å². The van der Waals surface area contributed by atoms with E-state index in [4.69, 9.17) is 5.11 Å². The van der Waals surface area contributed by atoms with Crippen molar-refractivity contribution in [2.75, 3.05) is 6.61 Å². The first-order chi connectivity index (χ1) is 9.20. The summed E-state index contributed by atoms with van der Waals surface area (Å²) in [5.74, 6) is 0.443. The molecule has 0 aromatic rings. The van der Waals surface area contributed by atoms with Gasteiger partial charge in [0.1, 0.15) is 0 Å². The zero-order valence-electron chi connectivity index (χ0n) is 13.2. The van der Waals surface area contributed by atoms with E-state index < -0.39 is 0 Å². The van der Waals surface area contributed by atoms with Crippen molar-refractivity contribution in [1.82, 2.24) is 0 Å². The highest BCUT2D eigenvalue weighted by Crippen LogP contribution is 2.16. The highest BCUT2D eigenvalue weighted by Gasteiger charge is 2.09. The van der Waals surface area contributed by atoms with Gasteiger partial charge in [-0.3, -0.25) is 0 Å². The van der Waals surface area contributed by atoms with Gasteiger partial charge in [-0.2, -0.15) is 0 Å². The quantitative estimate of drug-likeness (QED) is 0.451. The Bertz CT molecular complexity index is 171. The predicted octanol–water partition coefficient (Wildman–Crippen LogP) is 4.68. The lowest BCUT2D eigenvalue weighted by molar-refractivity contribution is 0.125. The van der Waals surface area contributed by atoms with Crippen molar-refractivity contribution in [1.29, 1.82) is 0 Å². The maximum atomic E-state index is 9.86. The molecule has 0 heterocycles. The van der Waals surface area contributed by atoms with Crippen LogP contribution in [0.25, 0.3) is 0 Å². The number of hydrogen-bond acceptors (Lipinski definition) is 2. The molecule has 0 aliphatic carbocycles. The molecule has 0 bridgehead atoms. The van der Waals surface area contributed by atoms with Crippen molar-refractivity contribution in [2.45, 2.75) is 97.0 Å². The van der Waals surface area contributed by atoms with Crippen LogP contribution in [0.3, 0.4) is 0 Å². The van der Waals surface area contributed by atoms with Gasteiger partial charge in [-0.15, -0.1) is 0 Å². The van der Waals surface area contributed by atoms with E-state index in [9.17, 15) is 5.11 Å². The van der Waals surface area contributed by atoms with Gasteiger partial charge in [-0.1, -0.05) is 71.6 Å². The molecule has 0 aliphatic heterocycles. The van der Waals surface area contributed by atoms with Gasteiger partial charge in [0.05, 0.1) is 6.10 Å². The van der Waals surface area contributed by atoms with Crippen LogP contribution in [0, 0.1) is 5.92 Å². The molecule has 19 heavy (non-hydrogen) atoms. The maximum Gasteiger partial charge on any atom is 0.0542 e. The van der Waals surface area contributed by atoms with Crippen molar-refractivity contribution in [3.8, 4) is 0 Å². The van der Waals surface area contributed by atoms with Crippen molar-refractivity contribution in [3.63, 3.8) is 0 Å². The van der Waals surface area contributed by atoms with Crippen LogP contribution in [0.4, 0.5) is 0 Å². The Kier molecular flexibility index (Phi) is 14.3. The Morgan fingerprint density at radius 1 is 0.789 bits per heavy atom. The first kappa shape index (κ1) is 18.9. The van der Waals surface area contributed by atoms with Gasteiger partial charge >= 0.3 is 0 Å². The van der Waals surface area contributed by atoms with Gasteiger partial charge in [0.25, 0.3) is 0 Å².